The fourth-order valence-corrected chi connectivity index (χ4v) is 2.26. The molecule has 1 heterocycles. The molecule has 1 atom stereocenters. The first kappa shape index (κ1) is 14.2. The van der Waals surface area contributed by atoms with E-state index in [1.807, 2.05) is 18.7 Å². The van der Waals surface area contributed by atoms with Crippen molar-refractivity contribution < 1.29 is 5.11 Å². The Balaban J connectivity index is 2.39. The third kappa shape index (κ3) is 4.15. The second kappa shape index (κ2) is 6.80. The van der Waals surface area contributed by atoms with Crippen LogP contribution in [-0.2, 0) is 13.5 Å². The second-order valence-electron chi connectivity index (χ2n) is 4.96. The zero-order chi connectivity index (χ0) is 12.8. The van der Waals surface area contributed by atoms with Gasteiger partial charge in [-0.2, -0.15) is 5.10 Å². The Kier molecular flexibility index (Phi) is 5.69. The Morgan fingerprint density at radius 2 is 1.94 bits per heavy atom. The lowest BCUT2D eigenvalue weighted by Gasteiger charge is -2.10. The van der Waals surface area contributed by atoms with Gasteiger partial charge in [-0.1, -0.05) is 26.2 Å². The van der Waals surface area contributed by atoms with E-state index in [9.17, 15) is 5.11 Å². The van der Waals surface area contributed by atoms with E-state index < -0.39 is 0 Å². The highest BCUT2D eigenvalue weighted by atomic mass is 16.3. The number of aromatic nitrogens is 2. The maximum Gasteiger partial charge on any atom is 0.0628 e. The first-order valence-electron chi connectivity index (χ1n) is 6.73. The number of aryl methyl sites for hydroxylation is 2. The molecule has 0 radical (unpaired) electrons. The molecule has 1 aromatic heterocycles. The number of unbranched alkanes of at least 4 members (excludes halogenated alkanes) is 2. The topological polar surface area (TPSA) is 38.1 Å². The molecule has 0 aromatic carbocycles. The molecule has 0 spiro atoms. The van der Waals surface area contributed by atoms with Crippen molar-refractivity contribution in [1.29, 1.82) is 0 Å². The molecule has 0 aliphatic carbocycles. The number of aliphatic hydroxyl groups excluding tert-OH is 1. The fourth-order valence-electron chi connectivity index (χ4n) is 2.26. The quantitative estimate of drug-likeness (QED) is 0.742. The minimum Gasteiger partial charge on any atom is -0.393 e. The molecule has 0 amide bonds. The summed E-state index contributed by atoms with van der Waals surface area (Å²) in [5, 5.41) is 14.3. The van der Waals surface area contributed by atoms with Crippen LogP contribution in [0.3, 0.4) is 0 Å². The highest BCUT2D eigenvalue weighted by Gasteiger charge is 2.11. The lowest BCUT2D eigenvalue weighted by molar-refractivity contribution is 0.151. The van der Waals surface area contributed by atoms with Gasteiger partial charge in [0.2, 0.25) is 0 Å². The van der Waals surface area contributed by atoms with E-state index >= 15 is 0 Å². The summed E-state index contributed by atoms with van der Waals surface area (Å²) in [6, 6.07) is 0. The van der Waals surface area contributed by atoms with Crippen molar-refractivity contribution in [2.75, 3.05) is 0 Å². The molecule has 3 nitrogen and oxygen atoms in total. The van der Waals surface area contributed by atoms with Gasteiger partial charge in [0.15, 0.2) is 0 Å². The third-order valence-electron chi connectivity index (χ3n) is 3.53. The van der Waals surface area contributed by atoms with Crippen LogP contribution in [-0.4, -0.2) is 21.0 Å². The van der Waals surface area contributed by atoms with Crippen LogP contribution in [0.15, 0.2) is 0 Å². The molecule has 3 heteroatoms. The molecular weight excluding hydrogens is 212 g/mol. The van der Waals surface area contributed by atoms with Crippen LogP contribution in [0.5, 0.6) is 0 Å². The van der Waals surface area contributed by atoms with E-state index in [1.54, 1.807) is 0 Å². The predicted octanol–water partition coefficient (Wildman–Crippen LogP) is 2.91. The summed E-state index contributed by atoms with van der Waals surface area (Å²) in [5.41, 5.74) is 3.64. The van der Waals surface area contributed by atoms with Crippen molar-refractivity contribution in [2.45, 2.75) is 65.4 Å². The Hall–Kier alpha value is -0.830. The van der Waals surface area contributed by atoms with E-state index in [0.717, 1.165) is 31.4 Å². The summed E-state index contributed by atoms with van der Waals surface area (Å²) in [5.74, 6) is 0. The molecule has 0 bridgehead atoms. The molecule has 1 aromatic rings. The Morgan fingerprint density at radius 1 is 1.24 bits per heavy atom. The van der Waals surface area contributed by atoms with Crippen LogP contribution in [0.2, 0.25) is 0 Å². The van der Waals surface area contributed by atoms with Gasteiger partial charge in [0, 0.05) is 12.7 Å². The lowest BCUT2D eigenvalue weighted by atomic mass is 10.0. The van der Waals surface area contributed by atoms with Gasteiger partial charge in [0.05, 0.1) is 11.8 Å². The van der Waals surface area contributed by atoms with Crippen molar-refractivity contribution in [3.63, 3.8) is 0 Å². The van der Waals surface area contributed by atoms with Crippen molar-refractivity contribution in [3.8, 4) is 0 Å². The first-order chi connectivity index (χ1) is 8.06. The molecular formula is C14H26N2O. The summed E-state index contributed by atoms with van der Waals surface area (Å²) in [7, 11) is 1.98. The Bertz CT molecular complexity index is 344. The summed E-state index contributed by atoms with van der Waals surface area (Å²) >= 11 is 0. The molecule has 0 saturated heterocycles. The van der Waals surface area contributed by atoms with Crippen LogP contribution < -0.4 is 0 Å². The SMILES string of the molecule is CCCCCC(O)CCc1c(C)nn(C)c1C. The smallest absolute Gasteiger partial charge is 0.0628 e. The fraction of sp³-hybridized carbons (Fsp3) is 0.786. The number of nitrogens with zero attached hydrogens (tertiary/aromatic N) is 2. The molecule has 1 N–H and O–H groups in total. The molecule has 0 aliphatic rings. The predicted molar refractivity (Wildman–Crippen MR) is 71.2 cm³/mol. The maximum absolute atomic E-state index is 9.90. The number of rotatable bonds is 7. The summed E-state index contributed by atoms with van der Waals surface area (Å²) in [6.45, 7) is 6.33. The molecule has 1 rings (SSSR count). The minimum atomic E-state index is -0.152. The van der Waals surface area contributed by atoms with E-state index in [2.05, 4.69) is 18.9 Å². The van der Waals surface area contributed by atoms with Crippen molar-refractivity contribution in [1.82, 2.24) is 9.78 Å². The van der Waals surface area contributed by atoms with Gasteiger partial charge in [-0.05, 0) is 38.7 Å². The third-order valence-corrected chi connectivity index (χ3v) is 3.53. The van der Waals surface area contributed by atoms with Crippen molar-refractivity contribution in [2.24, 2.45) is 7.05 Å². The van der Waals surface area contributed by atoms with Gasteiger partial charge >= 0.3 is 0 Å². The van der Waals surface area contributed by atoms with Gasteiger partial charge < -0.3 is 5.11 Å². The second-order valence-corrected chi connectivity index (χ2v) is 4.96. The number of hydrogen-bond acceptors (Lipinski definition) is 2. The molecule has 17 heavy (non-hydrogen) atoms. The van der Waals surface area contributed by atoms with Gasteiger partial charge in [0.25, 0.3) is 0 Å². The Morgan fingerprint density at radius 3 is 2.47 bits per heavy atom. The zero-order valence-corrected chi connectivity index (χ0v) is 11.7. The van der Waals surface area contributed by atoms with Gasteiger partial charge in [-0.25, -0.2) is 0 Å². The average molecular weight is 238 g/mol. The normalized spacial score (nSPS) is 13.0. The highest BCUT2D eigenvalue weighted by Crippen LogP contribution is 2.16. The largest absolute Gasteiger partial charge is 0.393 e. The van der Waals surface area contributed by atoms with Gasteiger partial charge in [-0.15, -0.1) is 0 Å². The maximum atomic E-state index is 9.90. The summed E-state index contributed by atoms with van der Waals surface area (Å²) < 4.78 is 1.92. The van der Waals surface area contributed by atoms with E-state index in [-0.39, 0.29) is 6.10 Å². The lowest BCUT2D eigenvalue weighted by Crippen LogP contribution is -2.08. The van der Waals surface area contributed by atoms with E-state index in [1.165, 1.54) is 24.1 Å². The van der Waals surface area contributed by atoms with Crippen LogP contribution in [0, 0.1) is 13.8 Å². The van der Waals surface area contributed by atoms with E-state index in [0.29, 0.717) is 0 Å². The van der Waals surface area contributed by atoms with E-state index in [4.69, 9.17) is 0 Å². The highest BCUT2D eigenvalue weighted by molar-refractivity contribution is 5.24. The summed E-state index contributed by atoms with van der Waals surface area (Å²) in [6.07, 6.45) is 6.17. The van der Waals surface area contributed by atoms with Crippen LogP contribution in [0.4, 0.5) is 0 Å². The van der Waals surface area contributed by atoms with Crippen molar-refractivity contribution >= 4 is 0 Å². The number of aliphatic hydroxyl groups is 1. The Labute approximate surface area is 105 Å². The minimum absolute atomic E-state index is 0.152. The molecule has 1 unspecified atom stereocenters. The van der Waals surface area contributed by atoms with Crippen LogP contribution in [0.25, 0.3) is 0 Å². The van der Waals surface area contributed by atoms with Gasteiger partial charge in [-0.3, -0.25) is 4.68 Å². The molecule has 0 aliphatic heterocycles. The van der Waals surface area contributed by atoms with Gasteiger partial charge in [0.1, 0.15) is 0 Å². The number of hydrogen-bond donors (Lipinski definition) is 1. The van der Waals surface area contributed by atoms with Crippen molar-refractivity contribution in [3.05, 3.63) is 17.0 Å². The average Bonchev–Trinajstić information content (AvgIpc) is 2.51. The molecule has 0 saturated carbocycles. The molecule has 98 valence electrons. The summed E-state index contributed by atoms with van der Waals surface area (Å²) in [4.78, 5) is 0. The monoisotopic (exact) mass is 238 g/mol. The van der Waals surface area contributed by atoms with Crippen LogP contribution in [0.1, 0.15) is 56.0 Å². The standard InChI is InChI=1S/C14H26N2O/c1-5-6-7-8-13(17)9-10-14-11(2)15-16(4)12(14)3/h13,17H,5-10H2,1-4H3. The molecule has 0 fully saturated rings. The first-order valence-corrected chi connectivity index (χ1v) is 6.73. The zero-order valence-electron chi connectivity index (χ0n) is 11.7. The van der Waals surface area contributed by atoms with Crippen LogP contribution >= 0.6 is 0 Å².